The number of allylic oxidation sites excluding steroid dienone is 1. The quantitative estimate of drug-likeness (QED) is 0.444. The Hall–Kier alpha value is -0.830. The first kappa shape index (κ1) is 9.17. The molecule has 0 fully saturated rings. The summed E-state index contributed by atoms with van der Waals surface area (Å²) >= 11 is 0. The maximum Gasteiger partial charge on any atom is 0.245 e. The molecule has 0 aliphatic heterocycles. The van der Waals surface area contributed by atoms with Crippen LogP contribution in [0.3, 0.4) is 0 Å². The Kier molecular flexibility index (Phi) is 4.58. The van der Waals surface area contributed by atoms with Gasteiger partial charge in [-0.15, -0.1) is 0 Å². The van der Waals surface area contributed by atoms with Crippen LogP contribution >= 0.6 is 0 Å². The van der Waals surface area contributed by atoms with Crippen molar-refractivity contribution in [2.45, 2.75) is 26.5 Å². The van der Waals surface area contributed by atoms with Crippen molar-refractivity contribution in [1.82, 2.24) is 5.32 Å². The lowest BCUT2D eigenvalue weighted by atomic mass is 10.4. The number of carbonyl (C=O) groups is 1. The molecule has 0 saturated carbocycles. The molecule has 0 aromatic carbocycles. The van der Waals surface area contributed by atoms with Gasteiger partial charge in [0, 0.05) is 0 Å². The second-order valence-corrected chi connectivity index (χ2v) is 1.93. The van der Waals surface area contributed by atoms with Crippen LogP contribution in [0, 0.1) is 0 Å². The van der Waals surface area contributed by atoms with Crippen LogP contribution < -0.4 is 5.32 Å². The second kappa shape index (κ2) is 4.99. The number of aliphatic hydroxyl groups is 1. The van der Waals surface area contributed by atoms with Crippen molar-refractivity contribution in [3.63, 3.8) is 0 Å². The van der Waals surface area contributed by atoms with Crippen molar-refractivity contribution in [3.8, 4) is 0 Å². The minimum Gasteiger partial charge on any atom is -0.374 e. The van der Waals surface area contributed by atoms with Crippen molar-refractivity contribution in [3.05, 3.63) is 12.2 Å². The number of amides is 1. The minimum atomic E-state index is -0.719. The third-order valence-electron chi connectivity index (χ3n) is 1.01. The van der Waals surface area contributed by atoms with E-state index in [2.05, 4.69) is 5.32 Å². The molecule has 58 valence electrons. The normalized spacial score (nSPS) is 13.5. The van der Waals surface area contributed by atoms with Gasteiger partial charge in [0.25, 0.3) is 0 Å². The smallest absolute Gasteiger partial charge is 0.245 e. The average molecular weight is 143 g/mol. The summed E-state index contributed by atoms with van der Waals surface area (Å²) in [6.07, 6.45) is 2.81. The third kappa shape index (κ3) is 4.09. The van der Waals surface area contributed by atoms with E-state index in [1.165, 1.54) is 6.08 Å². The number of nitrogens with one attached hydrogen (secondary N) is 1. The van der Waals surface area contributed by atoms with E-state index in [0.717, 1.165) is 0 Å². The molecule has 1 atom stereocenters. The molecule has 0 bridgehead atoms. The van der Waals surface area contributed by atoms with Crippen LogP contribution in [0.1, 0.15) is 20.3 Å². The molecule has 0 radical (unpaired) electrons. The Morgan fingerprint density at radius 2 is 2.40 bits per heavy atom. The zero-order valence-electron chi connectivity index (χ0n) is 6.29. The molecule has 1 unspecified atom stereocenters. The monoisotopic (exact) mass is 143 g/mol. The predicted molar refractivity (Wildman–Crippen MR) is 39.3 cm³/mol. The van der Waals surface area contributed by atoms with Crippen LogP contribution in [0.25, 0.3) is 0 Å². The Bertz CT molecular complexity index is 132. The Balaban J connectivity index is 3.57. The molecule has 3 heteroatoms. The molecule has 1 amide bonds. The van der Waals surface area contributed by atoms with Crippen molar-refractivity contribution in [2.75, 3.05) is 0 Å². The molecule has 0 aromatic heterocycles. The highest BCUT2D eigenvalue weighted by molar-refractivity contribution is 5.87. The molecule has 0 saturated heterocycles. The van der Waals surface area contributed by atoms with E-state index < -0.39 is 6.23 Å². The number of hydrogen-bond donors (Lipinski definition) is 2. The topological polar surface area (TPSA) is 49.3 Å². The van der Waals surface area contributed by atoms with Gasteiger partial charge in [-0.2, -0.15) is 0 Å². The van der Waals surface area contributed by atoms with Crippen LogP contribution in [-0.4, -0.2) is 17.2 Å². The van der Waals surface area contributed by atoms with Crippen molar-refractivity contribution in [1.29, 1.82) is 0 Å². The van der Waals surface area contributed by atoms with Gasteiger partial charge in [-0.1, -0.05) is 13.0 Å². The van der Waals surface area contributed by atoms with Gasteiger partial charge < -0.3 is 10.4 Å². The predicted octanol–water partition coefficient (Wildman–Crippen LogP) is 0.407. The van der Waals surface area contributed by atoms with Crippen LogP contribution in [0.4, 0.5) is 0 Å². The van der Waals surface area contributed by atoms with Crippen LogP contribution in [-0.2, 0) is 4.79 Å². The van der Waals surface area contributed by atoms with E-state index in [1.54, 1.807) is 19.9 Å². The first-order chi connectivity index (χ1) is 4.70. The van der Waals surface area contributed by atoms with Gasteiger partial charge in [0.2, 0.25) is 5.91 Å². The number of aliphatic hydroxyl groups excluding tert-OH is 1. The summed E-state index contributed by atoms with van der Waals surface area (Å²) in [4.78, 5) is 10.7. The van der Waals surface area contributed by atoms with E-state index in [-0.39, 0.29) is 5.91 Å². The molecular weight excluding hydrogens is 130 g/mol. The van der Waals surface area contributed by atoms with Crippen molar-refractivity contribution < 1.29 is 9.90 Å². The molecule has 3 nitrogen and oxygen atoms in total. The highest BCUT2D eigenvalue weighted by atomic mass is 16.3. The summed E-state index contributed by atoms with van der Waals surface area (Å²) in [5.74, 6) is -0.253. The van der Waals surface area contributed by atoms with E-state index in [0.29, 0.717) is 6.42 Å². The Morgan fingerprint density at radius 3 is 2.80 bits per heavy atom. The zero-order valence-corrected chi connectivity index (χ0v) is 6.29. The van der Waals surface area contributed by atoms with Gasteiger partial charge in [0.05, 0.1) is 0 Å². The van der Waals surface area contributed by atoms with Crippen molar-refractivity contribution >= 4 is 5.91 Å². The lowest BCUT2D eigenvalue weighted by Crippen LogP contribution is -2.32. The SMILES string of the molecule is CC=CC(=O)NC(O)CC. The fourth-order valence-corrected chi connectivity index (χ4v) is 0.466. The van der Waals surface area contributed by atoms with Gasteiger partial charge in [-0.3, -0.25) is 4.79 Å². The summed E-state index contributed by atoms with van der Waals surface area (Å²) in [7, 11) is 0. The highest BCUT2D eigenvalue weighted by Gasteiger charge is 2.00. The van der Waals surface area contributed by atoms with Crippen LogP contribution in [0.15, 0.2) is 12.2 Å². The molecule has 0 spiro atoms. The Labute approximate surface area is 60.7 Å². The largest absolute Gasteiger partial charge is 0.374 e. The molecule has 0 rings (SSSR count). The average Bonchev–Trinajstić information content (AvgIpc) is 1.88. The summed E-state index contributed by atoms with van der Waals surface area (Å²) in [5, 5.41) is 11.2. The molecule has 10 heavy (non-hydrogen) atoms. The maximum atomic E-state index is 10.7. The van der Waals surface area contributed by atoms with E-state index >= 15 is 0 Å². The molecule has 2 N–H and O–H groups in total. The van der Waals surface area contributed by atoms with Crippen molar-refractivity contribution in [2.24, 2.45) is 0 Å². The van der Waals surface area contributed by atoms with Gasteiger partial charge in [0.1, 0.15) is 6.23 Å². The van der Waals surface area contributed by atoms with Crippen LogP contribution in [0.5, 0.6) is 0 Å². The second-order valence-electron chi connectivity index (χ2n) is 1.93. The lowest BCUT2D eigenvalue weighted by molar-refractivity contribution is -0.119. The van der Waals surface area contributed by atoms with Gasteiger partial charge >= 0.3 is 0 Å². The first-order valence-electron chi connectivity index (χ1n) is 3.32. The van der Waals surface area contributed by atoms with Gasteiger partial charge in [-0.25, -0.2) is 0 Å². The Morgan fingerprint density at radius 1 is 1.80 bits per heavy atom. The summed E-state index contributed by atoms with van der Waals surface area (Å²) in [5.41, 5.74) is 0. The van der Waals surface area contributed by atoms with Crippen LogP contribution in [0.2, 0.25) is 0 Å². The van der Waals surface area contributed by atoms with Gasteiger partial charge in [0.15, 0.2) is 0 Å². The minimum absolute atomic E-state index is 0.253. The summed E-state index contributed by atoms with van der Waals surface area (Å²) in [6, 6.07) is 0. The third-order valence-corrected chi connectivity index (χ3v) is 1.01. The zero-order chi connectivity index (χ0) is 7.98. The number of rotatable bonds is 3. The maximum absolute atomic E-state index is 10.7. The summed E-state index contributed by atoms with van der Waals surface area (Å²) in [6.45, 7) is 3.54. The van der Waals surface area contributed by atoms with E-state index in [4.69, 9.17) is 5.11 Å². The molecule has 0 aliphatic carbocycles. The molecule has 0 aromatic rings. The number of hydrogen-bond acceptors (Lipinski definition) is 2. The van der Waals surface area contributed by atoms with Gasteiger partial charge in [-0.05, 0) is 19.4 Å². The van der Waals surface area contributed by atoms with E-state index in [1.807, 2.05) is 0 Å². The standard InChI is InChI=1S/C7H13NO2/c1-3-5-7(10)8-6(9)4-2/h3,5-6,9H,4H2,1-2H3,(H,8,10). The van der Waals surface area contributed by atoms with E-state index in [9.17, 15) is 4.79 Å². The lowest BCUT2D eigenvalue weighted by Gasteiger charge is -2.06. The highest BCUT2D eigenvalue weighted by Crippen LogP contribution is 1.83. The molecular formula is C7H13NO2. The fraction of sp³-hybridized carbons (Fsp3) is 0.571. The first-order valence-corrected chi connectivity index (χ1v) is 3.32. The molecule has 0 aliphatic rings. The molecule has 0 heterocycles. The fourth-order valence-electron chi connectivity index (χ4n) is 0.466. The number of carbonyl (C=O) groups excluding carboxylic acids is 1. The summed E-state index contributed by atoms with van der Waals surface area (Å²) < 4.78 is 0.